The van der Waals surface area contributed by atoms with Crippen molar-refractivity contribution < 1.29 is 4.79 Å². The maximum atomic E-state index is 11.1. The third-order valence-corrected chi connectivity index (χ3v) is 3.28. The maximum absolute atomic E-state index is 11.1. The third-order valence-electron chi connectivity index (χ3n) is 3.28. The summed E-state index contributed by atoms with van der Waals surface area (Å²) in [5.74, 6) is -0.0124. The van der Waals surface area contributed by atoms with Gasteiger partial charge < -0.3 is 11.1 Å². The molecule has 0 radical (unpaired) electrons. The van der Waals surface area contributed by atoms with Crippen LogP contribution in [0, 0.1) is 0 Å². The number of anilines is 2. The van der Waals surface area contributed by atoms with Crippen molar-refractivity contribution in [1.29, 1.82) is 0 Å². The molecule has 0 aromatic heterocycles. The Balaban J connectivity index is 1.97. The number of allylic oxidation sites excluding steroid dienone is 4. The Hall–Kier alpha value is -2.36. The lowest BCUT2D eigenvalue weighted by Crippen LogP contribution is -2.12. The lowest BCUT2D eigenvalue weighted by atomic mass is 10.0. The number of hydrogen-bond acceptors (Lipinski definition) is 4. The predicted molar refractivity (Wildman–Crippen MR) is 78.0 cm³/mol. The van der Waals surface area contributed by atoms with E-state index in [4.69, 9.17) is 5.73 Å². The van der Waals surface area contributed by atoms with Crippen molar-refractivity contribution in [2.75, 3.05) is 17.6 Å². The molecule has 3 rings (SSSR count). The molecular weight excluding hydrogens is 238 g/mol. The monoisotopic (exact) mass is 253 g/mol. The third kappa shape index (κ3) is 2.42. The first-order chi connectivity index (χ1) is 9.22. The highest BCUT2D eigenvalue weighted by molar-refractivity contribution is 6.17. The molecule has 0 unspecified atom stereocenters. The first-order valence-corrected chi connectivity index (χ1v) is 6.37. The molecule has 1 aliphatic carbocycles. The van der Waals surface area contributed by atoms with E-state index in [1.807, 2.05) is 12.1 Å². The summed E-state index contributed by atoms with van der Waals surface area (Å²) in [4.78, 5) is 15.6. The molecular formula is C15H15N3O. The zero-order valence-corrected chi connectivity index (χ0v) is 10.5. The summed E-state index contributed by atoms with van der Waals surface area (Å²) in [6.45, 7) is 0.994. The van der Waals surface area contributed by atoms with Gasteiger partial charge in [-0.2, -0.15) is 0 Å². The van der Waals surface area contributed by atoms with Gasteiger partial charge in [0.2, 0.25) is 0 Å². The van der Waals surface area contributed by atoms with Crippen LogP contribution in [0.3, 0.4) is 0 Å². The molecule has 0 saturated heterocycles. The van der Waals surface area contributed by atoms with Gasteiger partial charge in [0, 0.05) is 12.2 Å². The number of carbonyl (C=O) groups excluding carboxylic acids is 1. The van der Waals surface area contributed by atoms with E-state index < -0.39 is 0 Å². The quantitative estimate of drug-likeness (QED) is 0.596. The summed E-state index contributed by atoms with van der Waals surface area (Å²) in [6.07, 6.45) is 8.61. The SMILES string of the molecule is Nc1cc2c(cc1N=C1C=CC(=O)C=C1)CCCN2. The van der Waals surface area contributed by atoms with Crippen LogP contribution in [0.2, 0.25) is 0 Å². The van der Waals surface area contributed by atoms with Crippen LogP contribution >= 0.6 is 0 Å². The van der Waals surface area contributed by atoms with Gasteiger partial charge in [-0.25, -0.2) is 4.99 Å². The lowest BCUT2D eigenvalue weighted by molar-refractivity contribution is -0.110. The van der Waals surface area contributed by atoms with Gasteiger partial charge in [0.15, 0.2) is 5.78 Å². The lowest BCUT2D eigenvalue weighted by Gasteiger charge is -2.19. The number of ketones is 1. The van der Waals surface area contributed by atoms with Gasteiger partial charge in [-0.3, -0.25) is 4.79 Å². The molecule has 3 N–H and O–H groups in total. The van der Waals surface area contributed by atoms with Crippen molar-refractivity contribution in [3.05, 3.63) is 42.0 Å². The summed E-state index contributed by atoms with van der Waals surface area (Å²) in [7, 11) is 0. The zero-order valence-electron chi connectivity index (χ0n) is 10.5. The van der Waals surface area contributed by atoms with E-state index >= 15 is 0 Å². The second-order valence-corrected chi connectivity index (χ2v) is 4.70. The smallest absolute Gasteiger partial charge is 0.178 e. The Morgan fingerprint density at radius 2 is 1.95 bits per heavy atom. The van der Waals surface area contributed by atoms with Gasteiger partial charge in [0.25, 0.3) is 0 Å². The van der Waals surface area contributed by atoms with Crippen molar-refractivity contribution in [2.45, 2.75) is 12.8 Å². The Bertz CT molecular complexity index is 609. The summed E-state index contributed by atoms with van der Waals surface area (Å²) < 4.78 is 0. The largest absolute Gasteiger partial charge is 0.397 e. The van der Waals surface area contributed by atoms with E-state index in [-0.39, 0.29) is 5.78 Å². The number of aryl methyl sites for hydroxylation is 1. The van der Waals surface area contributed by atoms with Crippen LogP contribution in [0.15, 0.2) is 41.4 Å². The van der Waals surface area contributed by atoms with E-state index in [2.05, 4.69) is 10.3 Å². The Kier molecular flexibility index (Phi) is 2.91. The molecule has 1 aromatic carbocycles. The van der Waals surface area contributed by atoms with Gasteiger partial charge in [-0.05, 0) is 54.8 Å². The number of rotatable bonds is 1. The Morgan fingerprint density at radius 1 is 1.16 bits per heavy atom. The van der Waals surface area contributed by atoms with Gasteiger partial charge in [0.1, 0.15) is 0 Å². The molecule has 4 nitrogen and oxygen atoms in total. The topological polar surface area (TPSA) is 67.5 Å². The fourth-order valence-corrected chi connectivity index (χ4v) is 2.28. The van der Waals surface area contributed by atoms with Crippen LogP contribution in [0.4, 0.5) is 17.1 Å². The maximum Gasteiger partial charge on any atom is 0.178 e. The summed E-state index contributed by atoms with van der Waals surface area (Å²) in [6, 6.07) is 3.97. The number of nitrogens with zero attached hydrogens (tertiary/aromatic N) is 1. The van der Waals surface area contributed by atoms with Crippen molar-refractivity contribution in [1.82, 2.24) is 0 Å². The van der Waals surface area contributed by atoms with E-state index in [0.29, 0.717) is 5.69 Å². The number of nitrogen functional groups attached to an aromatic ring is 1. The first kappa shape index (κ1) is 11.7. The number of hydrogen-bond donors (Lipinski definition) is 2. The molecule has 0 amide bonds. The minimum Gasteiger partial charge on any atom is -0.397 e. The number of fused-ring (bicyclic) bond motifs is 1. The fourth-order valence-electron chi connectivity index (χ4n) is 2.28. The zero-order chi connectivity index (χ0) is 13.2. The van der Waals surface area contributed by atoms with Gasteiger partial charge in [-0.1, -0.05) is 0 Å². The second kappa shape index (κ2) is 4.72. The minimum atomic E-state index is -0.0124. The molecule has 2 aliphatic rings. The molecule has 19 heavy (non-hydrogen) atoms. The van der Waals surface area contributed by atoms with Crippen molar-refractivity contribution in [2.24, 2.45) is 4.99 Å². The molecule has 1 aliphatic heterocycles. The van der Waals surface area contributed by atoms with Crippen LogP contribution in [-0.4, -0.2) is 18.0 Å². The number of nitrogens with two attached hydrogens (primary N) is 1. The molecule has 0 fully saturated rings. The standard InChI is InChI=1S/C15H15N3O/c16-13-9-14-10(2-1-7-17-14)8-15(13)18-11-3-5-12(19)6-4-11/h3-6,8-9,17H,1-2,7,16H2. The van der Waals surface area contributed by atoms with Crippen LogP contribution < -0.4 is 11.1 Å². The van der Waals surface area contributed by atoms with Crippen LogP contribution in [0.1, 0.15) is 12.0 Å². The van der Waals surface area contributed by atoms with Gasteiger partial charge in [0.05, 0.1) is 17.1 Å². The average molecular weight is 253 g/mol. The number of aliphatic imine (C=N–C) groups is 1. The first-order valence-electron chi connectivity index (χ1n) is 6.37. The van der Waals surface area contributed by atoms with E-state index in [1.54, 1.807) is 12.2 Å². The van der Waals surface area contributed by atoms with Gasteiger partial charge in [-0.15, -0.1) is 0 Å². The molecule has 0 saturated carbocycles. The fraction of sp³-hybridized carbons (Fsp3) is 0.200. The summed E-state index contributed by atoms with van der Waals surface area (Å²) in [5.41, 5.74) is 10.5. The van der Waals surface area contributed by atoms with E-state index in [9.17, 15) is 4.79 Å². The number of carbonyl (C=O) groups is 1. The van der Waals surface area contributed by atoms with Crippen molar-refractivity contribution in [3.8, 4) is 0 Å². The molecule has 0 atom stereocenters. The van der Waals surface area contributed by atoms with E-state index in [1.165, 1.54) is 17.7 Å². The van der Waals surface area contributed by atoms with E-state index in [0.717, 1.165) is 36.5 Å². The minimum absolute atomic E-state index is 0.0124. The molecule has 4 heteroatoms. The highest BCUT2D eigenvalue weighted by Crippen LogP contribution is 2.32. The Labute approximate surface area is 111 Å². The Morgan fingerprint density at radius 3 is 2.74 bits per heavy atom. The van der Waals surface area contributed by atoms with Crippen LogP contribution in [0.5, 0.6) is 0 Å². The number of benzene rings is 1. The molecule has 0 bridgehead atoms. The summed E-state index contributed by atoms with van der Waals surface area (Å²) >= 11 is 0. The normalized spacial score (nSPS) is 17.1. The highest BCUT2D eigenvalue weighted by Gasteiger charge is 2.11. The average Bonchev–Trinajstić information content (AvgIpc) is 2.42. The van der Waals surface area contributed by atoms with Crippen LogP contribution in [0.25, 0.3) is 0 Å². The molecule has 1 aromatic rings. The molecule has 1 heterocycles. The predicted octanol–water partition coefficient (Wildman–Crippen LogP) is 2.39. The molecule has 0 spiro atoms. The van der Waals surface area contributed by atoms with Crippen molar-refractivity contribution >= 4 is 28.6 Å². The summed E-state index contributed by atoms with van der Waals surface area (Å²) in [5, 5.41) is 3.34. The van der Waals surface area contributed by atoms with Crippen molar-refractivity contribution in [3.63, 3.8) is 0 Å². The highest BCUT2D eigenvalue weighted by atomic mass is 16.1. The van der Waals surface area contributed by atoms with Gasteiger partial charge >= 0.3 is 0 Å². The van der Waals surface area contributed by atoms with Crippen LogP contribution in [-0.2, 0) is 11.2 Å². The molecule has 96 valence electrons. The number of nitrogens with one attached hydrogen (secondary N) is 1. The second-order valence-electron chi connectivity index (χ2n) is 4.70.